The smallest absolute Gasteiger partial charge is 0.138 e. The van der Waals surface area contributed by atoms with Crippen LogP contribution in [-0.2, 0) is 0 Å². The van der Waals surface area contributed by atoms with E-state index >= 15 is 0 Å². The van der Waals surface area contributed by atoms with Crippen LogP contribution in [0.5, 0.6) is 5.75 Å². The normalized spacial score (nSPS) is 24.6. The predicted molar refractivity (Wildman–Crippen MR) is 67.7 cm³/mol. The first kappa shape index (κ1) is 10.6. The van der Waals surface area contributed by atoms with Gasteiger partial charge in [-0.25, -0.2) is 0 Å². The van der Waals surface area contributed by atoms with Gasteiger partial charge in [0.2, 0.25) is 0 Å². The van der Waals surface area contributed by atoms with Crippen molar-refractivity contribution in [3.8, 4) is 5.75 Å². The second-order valence-electron chi connectivity index (χ2n) is 4.83. The molecule has 0 N–H and O–H groups in total. The molecule has 0 spiro atoms. The molecule has 0 aromatic carbocycles. The number of fused-ring (bicyclic) bond motifs is 2. The standard InChI is InChI=1S/C14H18N2O/c1-2-17-14-7-12(8-15-9-14)6-13-5-11-3-4-16(13)10-11/h6-9,11H,2-5,10H2,1H3. The number of hydrogen-bond acceptors (Lipinski definition) is 3. The fourth-order valence-electron chi connectivity index (χ4n) is 2.79. The third kappa shape index (κ3) is 2.14. The first-order chi connectivity index (χ1) is 8.35. The monoisotopic (exact) mass is 230 g/mol. The van der Waals surface area contributed by atoms with E-state index in [1.165, 1.54) is 31.6 Å². The van der Waals surface area contributed by atoms with Crippen LogP contribution in [0.4, 0.5) is 0 Å². The van der Waals surface area contributed by atoms with E-state index < -0.39 is 0 Å². The molecule has 2 aliphatic heterocycles. The van der Waals surface area contributed by atoms with Crippen molar-refractivity contribution in [3.05, 3.63) is 29.7 Å². The largest absolute Gasteiger partial charge is 0.492 e. The maximum atomic E-state index is 5.47. The molecule has 0 saturated carbocycles. The first-order valence-electron chi connectivity index (χ1n) is 6.38. The molecule has 0 radical (unpaired) electrons. The number of pyridine rings is 1. The van der Waals surface area contributed by atoms with E-state index in [0.29, 0.717) is 6.61 Å². The zero-order valence-electron chi connectivity index (χ0n) is 10.2. The Morgan fingerprint density at radius 2 is 2.47 bits per heavy atom. The van der Waals surface area contributed by atoms with Crippen molar-refractivity contribution in [1.29, 1.82) is 0 Å². The summed E-state index contributed by atoms with van der Waals surface area (Å²) < 4.78 is 5.47. The van der Waals surface area contributed by atoms with Crippen LogP contribution in [0.25, 0.3) is 6.08 Å². The Morgan fingerprint density at radius 3 is 3.18 bits per heavy atom. The number of nitrogens with zero attached hydrogens (tertiary/aromatic N) is 2. The summed E-state index contributed by atoms with van der Waals surface area (Å²) in [5.41, 5.74) is 2.62. The Hall–Kier alpha value is -1.51. The van der Waals surface area contributed by atoms with Gasteiger partial charge in [0, 0.05) is 25.0 Å². The molecule has 3 heteroatoms. The molecule has 2 aliphatic rings. The van der Waals surface area contributed by atoms with Crippen molar-refractivity contribution in [1.82, 2.24) is 9.88 Å². The number of rotatable bonds is 3. The van der Waals surface area contributed by atoms with Gasteiger partial charge in [0.05, 0.1) is 12.8 Å². The summed E-state index contributed by atoms with van der Waals surface area (Å²) in [6.07, 6.45) is 8.54. The molecule has 1 atom stereocenters. The highest BCUT2D eigenvalue weighted by atomic mass is 16.5. The number of hydrogen-bond donors (Lipinski definition) is 0. The van der Waals surface area contributed by atoms with Gasteiger partial charge < -0.3 is 9.64 Å². The Morgan fingerprint density at radius 1 is 1.53 bits per heavy atom. The second-order valence-corrected chi connectivity index (χ2v) is 4.83. The summed E-state index contributed by atoms with van der Waals surface area (Å²) in [6, 6.07) is 2.07. The highest BCUT2D eigenvalue weighted by Crippen LogP contribution is 2.36. The number of aromatic nitrogens is 1. The van der Waals surface area contributed by atoms with E-state index in [1.807, 2.05) is 13.1 Å². The molecule has 90 valence electrons. The van der Waals surface area contributed by atoms with Crippen LogP contribution in [0.1, 0.15) is 25.3 Å². The van der Waals surface area contributed by atoms with E-state index in [2.05, 4.69) is 22.0 Å². The molecule has 0 amide bonds. The zero-order valence-corrected chi connectivity index (χ0v) is 10.2. The van der Waals surface area contributed by atoms with Crippen molar-refractivity contribution in [2.24, 2.45) is 5.92 Å². The van der Waals surface area contributed by atoms with Gasteiger partial charge in [-0.1, -0.05) is 0 Å². The van der Waals surface area contributed by atoms with Crippen LogP contribution in [0.3, 0.4) is 0 Å². The third-order valence-electron chi connectivity index (χ3n) is 3.57. The number of allylic oxidation sites excluding steroid dienone is 1. The van der Waals surface area contributed by atoms with E-state index in [1.54, 1.807) is 6.20 Å². The SMILES string of the molecule is CCOc1cncc(C=C2CC3CCN2C3)c1. The quantitative estimate of drug-likeness (QED) is 0.798. The molecule has 1 aromatic rings. The van der Waals surface area contributed by atoms with Crippen LogP contribution in [0.15, 0.2) is 24.2 Å². The van der Waals surface area contributed by atoms with Gasteiger partial charge in [0.1, 0.15) is 5.75 Å². The van der Waals surface area contributed by atoms with Gasteiger partial charge in [0.15, 0.2) is 0 Å². The van der Waals surface area contributed by atoms with Crippen LogP contribution in [-0.4, -0.2) is 29.6 Å². The van der Waals surface area contributed by atoms with Gasteiger partial charge in [-0.05, 0) is 43.4 Å². The van der Waals surface area contributed by atoms with E-state index in [-0.39, 0.29) is 0 Å². The molecule has 3 rings (SSSR count). The summed E-state index contributed by atoms with van der Waals surface area (Å²) in [7, 11) is 0. The van der Waals surface area contributed by atoms with Crippen LogP contribution in [0, 0.1) is 5.92 Å². The molecule has 3 heterocycles. The van der Waals surface area contributed by atoms with Crippen molar-refractivity contribution >= 4 is 6.08 Å². The molecule has 2 fully saturated rings. The molecule has 3 nitrogen and oxygen atoms in total. The van der Waals surface area contributed by atoms with E-state index in [0.717, 1.165) is 17.2 Å². The van der Waals surface area contributed by atoms with Gasteiger partial charge >= 0.3 is 0 Å². The topological polar surface area (TPSA) is 25.4 Å². The van der Waals surface area contributed by atoms with Crippen molar-refractivity contribution in [2.75, 3.05) is 19.7 Å². The Bertz CT molecular complexity index is 442. The van der Waals surface area contributed by atoms with Crippen LogP contribution < -0.4 is 4.74 Å². The summed E-state index contributed by atoms with van der Waals surface area (Å²) in [6.45, 7) is 5.17. The Balaban J connectivity index is 1.80. The van der Waals surface area contributed by atoms with Crippen LogP contribution >= 0.6 is 0 Å². The van der Waals surface area contributed by atoms with Crippen LogP contribution in [0.2, 0.25) is 0 Å². The predicted octanol–water partition coefficient (Wildman–Crippen LogP) is 2.55. The molecule has 17 heavy (non-hydrogen) atoms. The van der Waals surface area contributed by atoms with Gasteiger partial charge in [-0.15, -0.1) is 0 Å². The van der Waals surface area contributed by atoms with Crippen molar-refractivity contribution in [2.45, 2.75) is 19.8 Å². The molecule has 2 saturated heterocycles. The average molecular weight is 230 g/mol. The minimum absolute atomic E-state index is 0.690. The molecule has 2 bridgehead atoms. The number of piperidine rings is 1. The maximum absolute atomic E-state index is 5.47. The van der Waals surface area contributed by atoms with E-state index in [9.17, 15) is 0 Å². The highest BCUT2D eigenvalue weighted by Gasteiger charge is 2.32. The van der Waals surface area contributed by atoms with Crippen molar-refractivity contribution in [3.63, 3.8) is 0 Å². The lowest BCUT2D eigenvalue weighted by molar-refractivity contribution is 0.339. The first-order valence-corrected chi connectivity index (χ1v) is 6.38. The lowest BCUT2D eigenvalue weighted by Crippen LogP contribution is -2.14. The van der Waals surface area contributed by atoms with Gasteiger partial charge in [0.25, 0.3) is 0 Å². The lowest BCUT2D eigenvalue weighted by Gasteiger charge is -2.18. The minimum Gasteiger partial charge on any atom is -0.492 e. The second kappa shape index (κ2) is 4.40. The highest BCUT2D eigenvalue weighted by molar-refractivity contribution is 5.54. The Kier molecular flexibility index (Phi) is 2.75. The third-order valence-corrected chi connectivity index (χ3v) is 3.57. The van der Waals surface area contributed by atoms with Gasteiger partial charge in [-0.3, -0.25) is 4.98 Å². The molecule has 1 unspecified atom stereocenters. The zero-order chi connectivity index (χ0) is 11.7. The molecule has 1 aromatic heterocycles. The van der Waals surface area contributed by atoms with E-state index in [4.69, 9.17) is 4.74 Å². The van der Waals surface area contributed by atoms with Gasteiger partial charge in [-0.2, -0.15) is 0 Å². The Labute approximate surface area is 102 Å². The fourth-order valence-corrected chi connectivity index (χ4v) is 2.79. The summed E-state index contributed by atoms with van der Waals surface area (Å²) >= 11 is 0. The summed E-state index contributed by atoms with van der Waals surface area (Å²) in [5, 5.41) is 0. The molecular formula is C14H18N2O. The average Bonchev–Trinajstić information content (AvgIpc) is 2.92. The minimum atomic E-state index is 0.690. The van der Waals surface area contributed by atoms with Crippen molar-refractivity contribution < 1.29 is 4.74 Å². The molecule has 0 aliphatic carbocycles. The summed E-state index contributed by atoms with van der Waals surface area (Å²) in [4.78, 5) is 6.72. The maximum Gasteiger partial charge on any atom is 0.138 e. The number of ether oxygens (including phenoxy) is 1. The summed E-state index contributed by atoms with van der Waals surface area (Å²) in [5.74, 6) is 1.75. The fraction of sp³-hybridized carbons (Fsp3) is 0.500. The lowest BCUT2D eigenvalue weighted by atomic mass is 10.0. The molecular weight excluding hydrogens is 212 g/mol.